The number of thioether (sulfide) groups is 1. The van der Waals surface area contributed by atoms with Crippen LogP contribution in [0.2, 0.25) is 0 Å². The minimum absolute atomic E-state index is 0.0448. The van der Waals surface area contributed by atoms with Gasteiger partial charge in [0.1, 0.15) is 5.75 Å². The van der Waals surface area contributed by atoms with Gasteiger partial charge in [-0.1, -0.05) is 42.1 Å². The molecule has 1 heterocycles. The number of nitrogens with one attached hydrogen (secondary N) is 3. The lowest BCUT2D eigenvalue weighted by molar-refractivity contribution is -0.120. The number of hydrogen-bond acceptors (Lipinski definition) is 6. The molecule has 0 aliphatic carbocycles. The SMILES string of the molecule is COc1cccc(CNC(=O)Cc2cc(=O)[nH]c(SCC(=O)Nc3ccccc3C)n2)c1. The molecule has 2 amide bonds. The summed E-state index contributed by atoms with van der Waals surface area (Å²) in [5, 5.41) is 5.92. The van der Waals surface area contributed by atoms with Crippen molar-refractivity contribution in [2.24, 2.45) is 0 Å². The molecule has 0 aliphatic heterocycles. The number of nitrogens with zero attached hydrogens (tertiary/aromatic N) is 1. The molecule has 32 heavy (non-hydrogen) atoms. The summed E-state index contributed by atoms with van der Waals surface area (Å²) in [5.41, 5.74) is 2.55. The molecule has 1 aromatic heterocycles. The lowest BCUT2D eigenvalue weighted by Gasteiger charge is -2.08. The molecule has 3 aromatic rings. The predicted octanol–water partition coefficient (Wildman–Crippen LogP) is 2.68. The second-order valence-electron chi connectivity index (χ2n) is 7.00. The van der Waals surface area contributed by atoms with Crippen LogP contribution in [0.3, 0.4) is 0 Å². The second kappa shape index (κ2) is 11.1. The number of ether oxygens (including phenoxy) is 1. The monoisotopic (exact) mass is 452 g/mol. The summed E-state index contributed by atoms with van der Waals surface area (Å²) in [5.74, 6) is 0.302. The second-order valence-corrected chi connectivity index (χ2v) is 7.96. The van der Waals surface area contributed by atoms with Gasteiger partial charge in [0.25, 0.3) is 5.56 Å². The Labute approximate surface area is 189 Å². The van der Waals surface area contributed by atoms with Gasteiger partial charge in [0, 0.05) is 18.3 Å². The first kappa shape index (κ1) is 23.1. The van der Waals surface area contributed by atoms with E-state index in [-0.39, 0.29) is 34.7 Å². The van der Waals surface area contributed by atoms with Crippen LogP contribution in [0.4, 0.5) is 5.69 Å². The Morgan fingerprint density at radius 3 is 2.69 bits per heavy atom. The van der Waals surface area contributed by atoms with Gasteiger partial charge in [-0.2, -0.15) is 0 Å². The van der Waals surface area contributed by atoms with Crippen LogP contribution in [0.15, 0.2) is 64.5 Å². The van der Waals surface area contributed by atoms with Gasteiger partial charge < -0.3 is 20.4 Å². The highest BCUT2D eigenvalue weighted by molar-refractivity contribution is 7.99. The number of aromatic nitrogens is 2. The number of carbonyl (C=O) groups excluding carboxylic acids is 2. The van der Waals surface area contributed by atoms with Crippen molar-refractivity contribution in [2.75, 3.05) is 18.2 Å². The van der Waals surface area contributed by atoms with E-state index in [0.29, 0.717) is 18.0 Å². The zero-order valence-electron chi connectivity index (χ0n) is 17.8. The quantitative estimate of drug-likeness (QED) is 0.340. The Bertz CT molecular complexity index is 1160. The summed E-state index contributed by atoms with van der Waals surface area (Å²) >= 11 is 1.10. The molecular formula is C23H24N4O4S. The molecule has 0 saturated heterocycles. The van der Waals surface area contributed by atoms with Crippen LogP contribution in [-0.4, -0.2) is 34.6 Å². The number of aryl methyl sites for hydroxylation is 1. The van der Waals surface area contributed by atoms with Crippen molar-refractivity contribution >= 4 is 29.3 Å². The van der Waals surface area contributed by atoms with Gasteiger partial charge in [-0.25, -0.2) is 4.98 Å². The smallest absolute Gasteiger partial charge is 0.251 e. The maximum absolute atomic E-state index is 12.3. The van der Waals surface area contributed by atoms with Gasteiger partial charge in [0.05, 0.1) is 25.0 Å². The van der Waals surface area contributed by atoms with Crippen LogP contribution >= 0.6 is 11.8 Å². The Kier molecular flexibility index (Phi) is 8.04. The number of amides is 2. The van der Waals surface area contributed by atoms with E-state index in [9.17, 15) is 14.4 Å². The summed E-state index contributed by atoms with van der Waals surface area (Å²) < 4.78 is 5.17. The summed E-state index contributed by atoms with van der Waals surface area (Å²) in [6.07, 6.45) is -0.0448. The van der Waals surface area contributed by atoms with E-state index in [0.717, 1.165) is 28.6 Å². The number of H-pyrrole nitrogens is 1. The van der Waals surface area contributed by atoms with Gasteiger partial charge in [0.15, 0.2) is 5.16 Å². The third kappa shape index (κ3) is 6.98. The predicted molar refractivity (Wildman–Crippen MR) is 124 cm³/mol. The molecule has 9 heteroatoms. The van der Waals surface area contributed by atoms with Crippen molar-refractivity contribution < 1.29 is 14.3 Å². The lowest BCUT2D eigenvalue weighted by atomic mass is 10.2. The molecule has 0 radical (unpaired) electrons. The standard InChI is InChI=1S/C23H24N4O4S/c1-15-6-3-4-9-19(15)26-22(30)14-32-23-25-17(12-21(29)27-23)11-20(28)24-13-16-7-5-8-18(10-16)31-2/h3-10,12H,11,13-14H2,1-2H3,(H,24,28)(H,26,30)(H,25,27,29). The molecule has 0 aliphatic rings. The number of rotatable bonds is 9. The molecule has 0 saturated carbocycles. The minimum Gasteiger partial charge on any atom is -0.497 e. The van der Waals surface area contributed by atoms with E-state index in [2.05, 4.69) is 20.6 Å². The van der Waals surface area contributed by atoms with E-state index in [1.807, 2.05) is 55.5 Å². The average Bonchev–Trinajstić information content (AvgIpc) is 2.78. The van der Waals surface area contributed by atoms with Gasteiger partial charge in [-0.15, -0.1) is 0 Å². The van der Waals surface area contributed by atoms with Crippen LogP contribution in [0.5, 0.6) is 5.75 Å². The van der Waals surface area contributed by atoms with Crippen LogP contribution in [-0.2, 0) is 22.6 Å². The van der Waals surface area contributed by atoms with E-state index in [1.54, 1.807) is 7.11 Å². The van der Waals surface area contributed by atoms with E-state index < -0.39 is 0 Å². The van der Waals surface area contributed by atoms with Gasteiger partial charge >= 0.3 is 0 Å². The molecule has 2 aromatic carbocycles. The van der Waals surface area contributed by atoms with Crippen molar-refractivity contribution in [1.29, 1.82) is 0 Å². The Hall–Kier alpha value is -3.59. The third-order valence-electron chi connectivity index (χ3n) is 4.50. The molecule has 0 atom stereocenters. The molecule has 8 nitrogen and oxygen atoms in total. The largest absolute Gasteiger partial charge is 0.497 e. The number of aromatic amines is 1. The summed E-state index contributed by atoms with van der Waals surface area (Å²) in [6, 6.07) is 16.1. The first-order chi connectivity index (χ1) is 15.4. The average molecular weight is 453 g/mol. The number of anilines is 1. The first-order valence-corrected chi connectivity index (χ1v) is 10.9. The summed E-state index contributed by atoms with van der Waals surface area (Å²) in [7, 11) is 1.58. The number of para-hydroxylation sites is 1. The van der Waals surface area contributed by atoms with Crippen LogP contribution < -0.4 is 20.9 Å². The van der Waals surface area contributed by atoms with Crippen molar-refractivity contribution in [1.82, 2.24) is 15.3 Å². The van der Waals surface area contributed by atoms with Crippen LogP contribution in [0, 0.1) is 6.92 Å². The number of methoxy groups -OCH3 is 1. The van der Waals surface area contributed by atoms with Gasteiger partial charge in [-0.05, 0) is 36.2 Å². The maximum Gasteiger partial charge on any atom is 0.251 e. The normalized spacial score (nSPS) is 10.4. The number of carbonyl (C=O) groups is 2. The lowest BCUT2D eigenvalue weighted by Crippen LogP contribution is -2.26. The Morgan fingerprint density at radius 1 is 1.09 bits per heavy atom. The Balaban J connectivity index is 1.54. The fraction of sp³-hybridized carbons (Fsp3) is 0.217. The first-order valence-electron chi connectivity index (χ1n) is 9.91. The highest BCUT2D eigenvalue weighted by atomic mass is 32.2. The zero-order chi connectivity index (χ0) is 22.9. The highest BCUT2D eigenvalue weighted by Gasteiger charge is 2.10. The summed E-state index contributed by atoms with van der Waals surface area (Å²) in [6.45, 7) is 2.24. The molecule has 0 bridgehead atoms. The van der Waals surface area contributed by atoms with Crippen LogP contribution in [0.1, 0.15) is 16.8 Å². The molecule has 0 spiro atoms. The van der Waals surface area contributed by atoms with Crippen LogP contribution in [0.25, 0.3) is 0 Å². The molecule has 166 valence electrons. The maximum atomic E-state index is 12.3. The van der Waals surface area contributed by atoms with Gasteiger partial charge in [0.2, 0.25) is 11.8 Å². The third-order valence-corrected chi connectivity index (χ3v) is 5.37. The summed E-state index contributed by atoms with van der Waals surface area (Å²) in [4.78, 5) is 43.4. The van der Waals surface area contributed by atoms with E-state index in [4.69, 9.17) is 4.74 Å². The molecule has 3 rings (SSSR count). The molecule has 0 unspecified atom stereocenters. The zero-order valence-corrected chi connectivity index (χ0v) is 18.6. The van der Waals surface area contributed by atoms with Crippen molar-refractivity contribution in [3.63, 3.8) is 0 Å². The van der Waals surface area contributed by atoms with Crippen molar-refractivity contribution in [3.8, 4) is 5.75 Å². The molecule has 0 fully saturated rings. The van der Waals surface area contributed by atoms with Crippen molar-refractivity contribution in [2.45, 2.75) is 25.0 Å². The highest BCUT2D eigenvalue weighted by Crippen LogP contribution is 2.16. The molecule has 3 N–H and O–H groups in total. The van der Waals surface area contributed by atoms with E-state index in [1.165, 1.54) is 6.07 Å². The fourth-order valence-electron chi connectivity index (χ4n) is 2.89. The number of hydrogen-bond donors (Lipinski definition) is 3. The van der Waals surface area contributed by atoms with Crippen molar-refractivity contribution in [3.05, 3.63) is 81.8 Å². The Morgan fingerprint density at radius 2 is 1.91 bits per heavy atom. The molecular weight excluding hydrogens is 428 g/mol. The minimum atomic E-state index is -0.377. The van der Waals surface area contributed by atoms with Gasteiger partial charge in [-0.3, -0.25) is 14.4 Å². The fourth-order valence-corrected chi connectivity index (χ4v) is 3.58. The number of benzene rings is 2. The van der Waals surface area contributed by atoms with E-state index >= 15 is 0 Å². The topological polar surface area (TPSA) is 113 Å².